The number of allylic oxidation sites excluding steroid dienone is 1. The van der Waals surface area contributed by atoms with Crippen molar-refractivity contribution < 1.29 is 14.0 Å². The van der Waals surface area contributed by atoms with Crippen molar-refractivity contribution in [2.75, 3.05) is 25.0 Å². The fourth-order valence-electron chi connectivity index (χ4n) is 3.84. The standard InChI is InChI=1S/C21H27FN6O2/c1-21(2,3)12-24-19(29)15-5-6-16-18(25-15)28(14-8-9-27(16)11-14)20(30)26-17-7-4-13(22)10-23-17/h4-7,10,14-15,25H,8-9,11-12H2,1-3H3,(H,24,29)(H,23,26,30)/t14-,15?/m0/s1. The van der Waals surface area contributed by atoms with E-state index in [-0.39, 0.29) is 29.2 Å². The highest BCUT2D eigenvalue weighted by atomic mass is 19.1. The van der Waals surface area contributed by atoms with Gasteiger partial charge in [0.25, 0.3) is 0 Å². The number of rotatable bonds is 3. The third-order valence-electron chi connectivity index (χ3n) is 5.35. The van der Waals surface area contributed by atoms with E-state index in [9.17, 15) is 14.0 Å². The number of fused-ring (bicyclic) bond motifs is 3. The van der Waals surface area contributed by atoms with Gasteiger partial charge in [-0.25, -0.2) is 14.2 Å². The summed E-state index contributed by atoms with van der Waals surface area (Å²) in [6.45, 7) is 8.29. The average molecular weight is 414 g/mol. The molecule has 3 aliphatic rings. The summed E-state index contributed by atoms with van der Waals surface area (Å²) < 4.78 is 13.1. The zero-order chi connectivity index (χ0) is 21.5. The fraction of sp³-hybridized carbons (Fsp3) is 0.476. The molecule has 0 aliphatic carbocycles. The van der Waals surface area contributed by atoms with Crippen LogP contribution in [0.15, 0.2) is 42.0 Å². The average Bonchev–Trinajstić information content (AvgIpc) is 3.11. The van der Waals surface area contributed by atoms with Crippen molar-refractivity contribution >= 4 is 17.8 Å². The summed E-state index contributed by atoms with van der Waals surface area (Å²) >= 11 is 0. The molecule has 8 nitrogen and oxygen atoms in total. The fourth-order valence-corrected chi connectivity index (χ4v) is 3.84. The Hall–Kier alpha value is -3.10. The third kappa shape index (κ3) is 4.10. The number of dihydropyridines is 1. The van der Waals surface area contributed by atoms with Crippen molar-refractivity contribution in [2.24, 2.45) is 5.41 Å². The normalized spacial score (nSPS) is 22.5. The highest BCUT2D eigenvalue weighted by Gasteiger charge is 2.42. The van der Waals surface area contributed by atoms with Crippen LogP contribution >= 0.6 is 0 Å². The summed E-state index contributed by atoms with van der Waals surface area (Å²) in [5, 5.41) is 8.94. The van der Waals surface area contributed by atoms with E-state index in [4.69, 9.17) is 0 Å². The van der Waals surface area contributed by atoms with E-state index >= 15 is 0 Å². The number of aromatic nitrogens is 1. The Kier molecular flexibility index (Phi) is 5.13. The van der Waals surface area contributed by atoms with Gasteiger partial charge in [0.1, 0.15) is 23.5 Å². The van der Waals surface area contributed by atoms with Crippen LogP contribution in [0.25, 0.3) is 0 Å². The van der Waals surface area contributed by atoms with E-state index in [1.807, 2.05) is 12.2 Å². The first-order chi connectivity index (χ1) is 14.2. The molecule has 2 bridgehead atoms. The topological polar surface area (TPSA) is 89.6 Å². The van der Waals surface area contributed by atoms with Crippen LogP contribution in [0.5, 0.6) is 0 Å². The predicted molar refractivity (Wildman–Crippen MR) is 111 cm³/mol. The molecule has 0 radical (unpaired) electrons. The molecule has 1 aromatic rings. The third-order valence-corrected chi connectivity index (χ3v) is 5.35. The minimum atomic E-state index is -0.566. The van der Waals surface area contributed by atoms with Crippen LogP contribution in [-0.2, 0) is 4.79 Å². The molecule has 1 fully saturated rings. The van der Waals surface area contributed by atoms with E-state index in [2.05, 4.69) is 46.6 Å². The number of halogens is 1. The number of hydrogen-bond acceptors (Lipinski definition) is 5. The number of urea groups is 1. The maximum atomic E-state index is 13.1. The number of nitrogens with zero attached hydrogens (tertiary/aromatic N) is 3. The Morgan fingerprint density at radius 2 is 2.13 bits per heavy atom. The Bertz CT molecular complexity index is 905. The first-order valence-electron chi connectivity index (χ1n) is 10.1. The van der Waals surface area contributed by atoms with E-state index in [0.29, 0.717) is 12.4 Å². The quantitative estimate of drug-likeness (QED) is 0.704. The molecular formula is C21H27FN6O2. The van der Waals surface area contributed by atoms with Crippen molar-refractivity contribution in [3.05, 3.63) is 47.8 Å². The van der Waals surface area contributed by atoms with Crippen molar-refractivity contribution in [3.8, 4) is 0 Å². The van der Waals surface area contributed by atoms with Gasteiger partial charge in [-0.3, -0.25) is 15.0 Å². The van der Waals surface area contributed by atoms with Gasteiger partial charge in [-0.05, 0) is 30.0 Å². The van der Waals surface area contributed by atoms with Gasteiger partial charge < -0.3 is 15.5 Å². The van der Waals surface area contributed by atoms with Gasteiger partial charge in [0.05, 0.1) is 17.9 Å². The Balaban J connectivity index is 1.52. The lowest BCUT2D eigenvalue weighted by molar-refractivity contribution is -0.122. The molecule has 0 aromatic carbocycles. The number of amides is 3. The molecule has 4 heterocycles. The first kappa shape index (κ1) is 20.2. The van der Waals surface area contributed by atoms with Crippen molar-refractivity contribution in [1.82, 2.24) is 25.4 Å². The van der Waals surface area contributed by atoms with E-state index in [1.54, 1.807) is 4.90 Å². The number of carbonyl (C=O) groups excluding carboxylic acids is 2. The number of carbonyl (C=O) groups is 2. The van der Waals surface area contributed by atoms with Gasteiger partial charge in [-0.1, -0.05) is 26.8 Å². The summed E-state index contributed by atoms with van der Waals surface area (Å²) in [4.78, 5) is 33.6. The molecule has 4 rings (SSSR count). The van der Waals surface area contributed by atoms with Crippen molar-refractivity contribution in [2.45, 2.75) is 39.3 Å². The molecule has 3 aliphatic heterocycles. The van der Waals surface area contributed by atoms with Crippen LogP contribution in [0.4, 0.5) is 15.0 Å². The van der Waals surface area contributed by atoms with Crippen LogP contribution in [-0.4, -0.2) is 58.4 Å². The molecule has 0 saturated carbocycles. The molecule has 1 aromatic heterocycles. The van der Waals surface area contributed by atoms with Gasteiger partial charge in [0, 0.05) is 19.6 Å². The zero-order valence-corrected chi connectivity index (χ0v) is 17.4. The summed E-state index contributed by atoms with van der Waals surface area (Å²) in [6.07, 6.45) is 5.62. The highest BCUT2D eigenvalue weighted by Crippen LogP contribution is 2.33. The summed E-state index contributed by atoms with van der Waals surface area (Å²) in [7, 11) is 0. The lowest BCUT2D eigenvalue weighted by Gasteiger charge is -2.40. The number of anilines is 1. The van der Waals surface area contributed by atoms with E-state index in [1.165, 1.54) is 12.1 Å². The largest absolute Gasteiger partial charge is 0.366 e. The molecular weight excluding hydrogens is 387 g/mol. The predicted octanol–water partition coefficient (Wildman–Crippen LogP) is 2.00. The Labute approximate surface area is 175 Å². The monoisotopic (exact) mass is 414 g/mol. The lowest BCUT2D eigenvalue weighted by Crippen LogP contribution is -2.56. The molecule has 1 unspecified atom stereocenters. The first-order valence-corrected chi connectivity index (χ1v) is 10.1. The number of hydrogen-bond donors (Lipinski definition) is 3. The molecule has 3 N–H and O–H groups in total. The highest BCUT2D eigenvalue weighted by molar-refractivity contribution is 5.91. The molecule has 1 saturated heterocycles. The molecule has 0 spiro atoms. The second-order valence-corrected chi connectivity index (χ2v) is 9.04. The summed E-state index contributed by atoms with van der Waals surface area (Å²) in [6, 6.07) is 1.73. The molecule has 160 valence electrons. The number of pyridine rings is 1. The maximum absolute atomic E-state index is 13.1. The van der Waals surface area contributed by atoms with Gasteiger partial charge >= 0.3 is 6.03 Å². The van der Waals surface area contributed by atoms with Gasteiger partial charge in [0.2, 0.25) is 5.91 Å². The molecule has 30 heavy (non-hydrogen) atoms. The van der Waals surface area contributed by atoms with Crippen molar-refractivity contribution in [1.29, 1.82) is 0 Å². The van der Waals surface area contributed by atoms with Gasteiger partial charge in [-0.15, -0.1) is 0 Å². The van der Waals surface area contributed by atoms with Crippen LogP contribution < -0.4 is 16.0 Å². The van der Waals surface area contributed by atoms with Crippen LogP contribution in [0.2, 0.25) is 0 Å². The van der Waals surface area contributed by atoms with Crippen LogP contribution in [0, 0.1) is 11.2 Å². The molecule has 9 heteroatoms. The zero-order valence-electron chi connectivity index (χ0n) is 17.4. The summed E-state index contributed by atoms with van der Waals surface area (Å²) in [5.74, 6) is 0.281. The minimum Gasteiger partial charge on any atom is -0.366 e. The molecule has 3 amide bonds. The summed E-state index contributed by atoms with van der Waals surface area (Å²) in [5.41, 5.74) is 0.869. The lowest BCUT2D eigenvalue weighted by atomic mass is 9.97. The van der Waals surface area contributed by atoms with Crippen LogP contribution in [0.3, 0.4) is 0 Å². The Morgan fingerprint density at radius 1 is 1.33 bits per heavy atom. The van der Waals surface area contributed by atoms with E-state index < -0.39 is 11.9 Å². The molecule has 2 atom stereocenters. The van der Waals surface area contributed by atoms with Gasteiger partial charge in [-0.2, -0.15) is 0 Å². The maximum Gasteiger partial charge on any atom is 0.328 e. The Morgan fingerprint density at radius 3 is 2.83 bits per heavy atom. The smallest absolute Gasteiger partial charge is 0.328 e. The minimum absolute atomic E-state index is 0.0125. The van der Waals surface area contributed by atoms with Gasteiger partial charge in [0.15, 0.2) is 0 Å². The van der Waals surface area contributed by atoms with Crippen LogP contribution in [0.1, 0.15) is 27.2 Å². The van der Waals surface area contributed by atoms with E-state index in [0.717, 1.165) is 31.4 Å². The van der Waals surface area contributed by atoms with Crippen molar-refractivity contribution in [3.63, 3.8) is 0 Å². The second kappa shape index (κ2) is 7.62. The SMILES string of the molecule is CC(C)(C)CNC(=O)C1C=CC2=C(N1)N(C(=O)Nc1ccc(F)cn1)[C@H]1CCN2C1. The number of nitrogens with one attached hydrogen (secondary N) is 3. The second-order valence-electron chi connectivity index (χ2n) is 9.04.